The van der Waals surface area contributed by atoms with Crippen molar-refractivity contribution in [1.82, 2.24) is 9.97 Å². The summed E-state index contributed by atoms with van der Waals surface area (Å²) in [5.41, 5.74) is 3.28. The van der Waals surface area contributed by atoms with Crippen molar-refractivity contribution in [2.45, 2.75) is 12.4 Å². The first-order chi connectivity index (χ1) is 14.1. The SMILES string of the molecule is ClCc1coc(-c2ccc(Br)cc2)n1.[C-]#[N+]Cc1coc(-c2ccc(Br)cc2)n1. The van der Waals surface area contributed by atoms with Gasteiger partial charge in [0.2, 0.25) is 11.8 Å². The van der Waals surface area contributed by atoms with E-state index in [0.717, 1.165) is 25.8 Å². The van der Waals surface area contributed by atoms with E-state index in [2.05, 4.69) is 46.7 Å². The van der Waals surface area contributed by atoms with E-state index >= 15 is 0 Å². The van der Waals surface area contributed by atoms with Gasteiger partial charge < -0.3 is 13.7 Å². The molecular weight excluding hydrogens is 522 g/mol. The number of aromatic nitrogens is 2. The van der Waals surface area contributed by atoms with Gasteiger partial charge in [0, 0.05) is 20.1 Å². The van der Waals surface area contributed by atoms with Crippen molar-refractivity contribution in [2.24, 2.45) is 0 Å². The Morgan fingerprint density at radius 1 is 0.793 bits per heavy atom. The normalized spacial score (nSPS) is 10.1. The van der Waals surface area contributed by atoms with Crippen molar-refractivity contribution < 1.29 is 8.83 Å². The highest BCUT2D eigenvalue weighted by atomic mass is 79.9. The van der Waals surface area contributed by atoms with Crippen molar-refractivity contribution in [3.05, 3.63) is 92.8 Å². The first kappa shape index (κ1) is 21.3. The van der Waals surface area contributed by atoms with E-state index in [4.69, 9.17) is 27.0 Å². The van der Waals surface area contributed by atoms with Crippen LogP contribution < -0.4 is 0 Å². The number of nitrogens with zero attached hydrogens (tertiary/aromatic N) is 3. The van der Waals surface area contributed by atoms with Crippen molar-refractivity contribution in [3.8, 4) is 22.9 Å². The van der Waals surface area contributed by atoms with Crippen molar-refractivity contribution in [1.29, 1.82) is 0 Å². The summed E-state index contributed by atoms with van der Waals surface area (Å²) in [6, 6.07) is 15.4. The molecule has 8 heteroatoms. The van der Waals surface area contributed by atoms with Gasteiger partial charge in [-0.25, -0.2) is 16.5 Å². The Balaban J connectivity index is 0.000000166. The number of hydrogen-bond donors (Lipinski definition) is 0. The molecular formula is C21H14Br2ClN3O2. The van der Waals surface area contributed by atoms with E-state index in [-0.39, 0.29) is 6.54 Å². The molecule has 29 heavy (non-hydrogen) atoms. The van der Waals surface area contributed by atoms with E-state index in [1.165, 1.54) is 6.26 Å². The van der Waals surface area contributed by atoms with Crippen LogP contribution in [0.4, 0.5) is 0 Å². The highest BCUT2D eigenvalue weighted by molar-refractivity contribution is 9.10. The molecule has 146 valence electrons. The fourth-order valence-electron chi connectivity index (χ4n) is 2.28. The summed E-state index contributed by atoms with van der Waals surface area (Å²) in [6.45, 7) is 6.98. The molecule has 5 nitrogen and oxygen atoms in total. The molecule has 4 rings (SSSR count). The van der Waals surface area contributed by atoms with Crippen molar-refractivity contribution in [2.75, 3.05) is 0 Å². The van der Waals surface area contributed by atoms with Crippen LogP contribution in [0.2, 0.25) is 0 Å². The lowest BCUT2D eigenvalue weighted by atomic mass is 10.2. The largest absolute Gasteiger partial charge is 0.444 e. The Bertz CT molecular complexity index is 1100. The fraction of sp³-hybridized carbons (Fsp3) is 0.0952. The van der Waals surface area contributed by atoms with E-state index < -0.39 is 0 Å². The summed E-state index contributed by atoms with van der Waals surface area (Å²) in [5, 5.41) is 0. The van der Waals surface area contributed by atoms with Gasteiger partial charge in [-0.15, -0.1) is 11.6 Å². The van der Waals surface area contributed by atoms with Gasteiger partial charge in [-0.1, -0.05) is 31.9 Å². The maximum atomic E-state index is 6.72. The Kier molecular flexibility index (Phi) is 7.64. The molecule has 0 aliphatic rings. The molecule has 4 aromatic rings. The predicted molar refractivity (Wildman–Crippen MR) is 119 cm³/mol. The zero-order valence-corrected chi connectivity index (χ0v) is 18.9. The van der Waals surface area contributed by atoms with Gasteiger partial charge >= 0.3 is 0 Å². The molecule has 0 spiro atoms. The first-order valence-electron chi connectivity index (χ1n) is 8.39. The van der Waals surface area contributed by atoms with Crippen LogP contribution in [-0.2, 0) is 12.4 Å². The molecule has 2 aromatic heterocycles. The minimum absolute atomic E-state index is 0.264. The number of halogens is 3. The van der Waals surface area contributed by atoms with E-state index in [0.29, 0.717) is 23.4 Å². The Labute approximate surface area is 189 Å². The third-order valence-corrected chi connectivity index (χ3v) is 4.99. The highest BCUT2D eigenvalue weighted by Crippen LogP contribution is 2.22. The molecule has 0 N–H and O–H groups in total. The molecule has 2 aromatic carbocycles. The van der Waals surface area contributed by atoms with E-state index in [1.54, 1.807) is 6.26 Å². The van der Waals surface area contributed by atoms with Crippen LogP contribution in [0.3, 0.4) is 0 Å². The number of rotatable bonds is 4. The second kappa shape index (κ2) is 10.4. The van der Waals surface area contributed by atoms with Gasteiger partial charge in [0.25, 0.3) is 6.54 Å². The average Bonchev–Trinajstić information content (AvgIpc) is 3.40. The summed E-state index contributed by atoms with van der Waals surface area (Å²) < 4.78 is 12.6. The standard InChI is InChI=1S/C11H7BrN2O.C10H7BrClNO/c1-13-6-10-7-15-11(14-10)8-2-4-9(12)5-3-8;11-8-3-1-7(2-4-8)10-13-9(5-12)6-14-10/h2-5,7H,6H2;1-4,6H,5H2. The summed E-state index contributed by atoms with van der Waals surface area (Å²) in [5.74, 6) is 1.54. The topological polar surface area (TPSA) is 56.4 Å². The molecule has 0 radical (unpaired) electrons. The van der Waals surface area contributed by atoms with Gasteiger partial charge in [0.1, 0.15) is 12.5 Å². The second-order valence-electron chi connectivity index (χ2n) is 5.75. The van der Waals surface area contributed by atoms with E-state index in [9.17, 15) is 0 Å². The third-order valence-electron chi connectivity index (χ3n) is 3.66. The predicted octanol–water partition coefficient (Wildman–Crippen LogP) is 7.37. The zero-order chi connectivity index (χ0) is 20.6. The van der Waals surface area contributed by atoms with Crippen LogP contribution in [0.5, 0.6) is 0 Å². The second-order valence-corrected chi connectivity index (χ2v) is 7.85. The Morgan fingerprint density at radius 3 is 1.66 bits per heavy atom. The average molecular weight is 536 g/mol. The maximum Gasteiger partial charge on any atom is 0.259 e. The maximum absolute atomic E-state index is 6.72. The van der Waals surface area contributed by atoms with Gasteiger partial charge in [-0.3, -0.25) is 0 Å². The van der Waals surface area contributed by atoms with Gasteiger partial charge in [0.15, 0.2) is 5.69 Å². The lowest BCUT2D eigenvalue weighted by Crippen LogP contribution is -1.80. The lowest BCUT2D eigenvalue weighted by Gasteiger charge is -1.94. The quantitative estimate of drug-likeness (QED) is 0.202. The van der Waals surface area contributed by atoms with Crippen LogP contribution in [0.25, 0.3) is 27.8 Å². The molecule has 0 atom stereocenters. The monoisotopic (exact) mass is 533 g/mol. The Hall–Kier alpha value is -2.40. The molecule has 2 heterocycles. The van der Waals surface area contributed by atoms with Crippen LogP contribution in [0.1, 0.15) is 11.4 Å². The first-order valence-corrected chi connectivity index (χ1v) is 10.5. The van der Waals surface area contributed by atoms with Gasteiger partial charge in [-0.2, -0.15) is 0 Å². The zero-order valence-electron chi connectivity index (χ0n) is 15.0. The summed E-state index contributed by atoms with van der Waals surface area (Å²) >= 11 is 12.3. The molecule has 0 saturated carbocycles. The smallest absolute Gasteiger partial charge is 0.259 e. The number of alkyl halides is 1. The van der Waals surface area contributed by atoms with Crippen LogP contribution >= 0.6 is 43.5 Å². The highest BCUT2D eigenvalue weighted by Gasteiger charge is 2.07. The molecule has 0 amide bonds. The summed E-state index contributed by atoms with van der Waals surface area (Å²) in [6.07, 6.45) is 3.10. The van der Waals surface area contributed by atoms with Crippen LogP contribution in [0, 0.1) is 6.57 Å². The van der Waals surface area contributed by atoms with Crippen LogP contribution in [0.15, 0.2) is 78.8 Å². The van der Waals surface area contributed by atoms with Crippen LogP contribution in [-0.4, -0.2) is 9.97 Å². The molecule has 0 aliphatic heterocycles. The number of hydrogen-bond acceptors (Lipinski definition) is 4. The molecule has 0 fully saturated rings. The van der Waals surface area contributed by atoms with E-state index in [1.807, 2.05) is 48.5 Å². The van der Waals surface area contributed by atoms with Gasteiger partial charge in [-0.05, 0) is 48.5 Å². The fourth-order valence-corrected chi connectivity index (χ4v) is 2.93. The summed E-state index contributed by atoms with van der Waals surface area (Å²) in [4.78, 5) is 11.7. The number of oxazole rings is 2. The van der Waals surface area contributed by atoms with Crippen molar-refractivity contribution >= 4 is 43.5 Å². The minimum Gasteiger partial charge on any atom is -0.444 e. The Morgan fingerprint density at radius 2 is 1.24 bits per heavy atom. The van der Waals surface area contributed by atoms with Crippen molar-refractivity contribution in [3.63, 3.8) is 0 Å². The number of benzene rings is 2. The molecule has 0 aliphatic carbocycles. The molecule has 0 saturated heterocycles. The molecule has 0 bridgehead atoms. The molecule has 0 unspecified atom stereocenters. The lowest BCUT2D eigenvalue weighted by molar-refractivity contribution is 0.573. The summed E-state index contributed by atoms with van der Waals surface area (Å²) in [7, 11) is 0. The van der Waals surface area contributed by atoms with Gasteiger partial charge in [0.05, 0.1) is 11.6 Å². The minimum atomic E-state index is 0.264. The third kappa shape index (κ3) is 6.04.